The molecule has 0 amide bonds. The number of halogens is 3. The van der Waals surface area contributed by atoms with Crippen LogP contribution in [0, 0.1) is 0 Å². The van der Waals surface area contributed by atoms with E-state index in [9.17, 15) is 21.6 Å². The van der Waals surface area contributed by atoms with Crippen molar-refractivity contribution in [1.82, 2.24) is 19.4 Å². The number of oxazole rings is 1. The summed E-state index contributed by atoms with van der Waals surface area (Å²) in [6.45, 7) is 0. The largest absolute Gasteiger partial charge is 0.431 e. The van der Waals surface area contributed by atoms with Crippen molar-refractivity contribution in [2.24, 2.45) is 0 Å². The first-order valence-electron chi connectivity index (χ1n) is 9.00. The molecule has 4 rings (SSSR count). The van der Waals surface area contributed by atoms with E-state index >= 15 is 0 Å². The predicted molar refractivity (Wildman–Crippen MR) is 109 cm³/mol. The van der Waals surface area contributed by atoms with Crippen LogP contribution in [0.1, 0.15) is 11.5 Å². The van der Waals surface area contributed by atoms with Crippen molar-refractivity contribution in [2.45, 2.75) is 22.0 Å². The Bertz CT molecular complexity index is 1380. The van der Waals surface area contributed by atoms with E-state index in [0.29, 0.717) is 11.1 Å². The molecule has 13 heteroatoms. The summed E-state index contributed by atoms with van der Waals surface area (Å²) < 4.78 is 75.0. The molecule has 2 aromatic carbocycles. The minimum absolute atomic E-state index is 0.0304. The molecule has 4 aromatic rings. The number of alkyl halides is 3. The second-order valence-electron chi connectivity index (χ2n) is 6.78. The molecule has 0 aliphatic carbocycles. The average molecular weight is 484 g/mol. The van der Waals surface area contributed by atoms with Crippen LogP contribution in [0.2, 0.25) is 0 Å². The van der Waals surface area contributed by atoms with Crippen molar-refractivity contribution < 1.29 is 30.5 Å². The van der Waals surface area contributed by atoms with Gasteiger partial charge in [0.05, 0.1) is 16.2 Å². The smallest absolute Gasteiger partial charge is 0.416 e. The second kappa shape index (κ2) is 8.22. The van der Waals surface area contributed by atoms with E-state index < -0.39 is 21.8 Å². The standard InChI is InChI=1S/C19H15F3N4O4S2/c1-26(2)32(27,28)13-6-7-15-14(9-13)23-18(29-15)31-10-16-24-17(25-30-16)11-4-3-5-12(8-11)19(20,21)22/h3-9H,10H2,1-2H3. The molecular formula is C19H15F3N4O4S2. The molecule has 0 unspecified atom stereocenters. The first-order chi connectivity index (χ1) is 15.0. The van der Waals surface area contributed by atoms with Gasteiger partial charge in [-0.1, -0.05) is 29.1 Å². The van der Waals surface area contributed by atoms with Gasteiger partial charge in [0.1, 0.15) is 5.52 Å². The Kier molecular flexibility index (Phi) is 5.73. The van der Waals surface area contributed by atoms with Crippen molar-refractivity contribution in [2.75, 3.05) is 14.1 Å². The maximum absolute atomic E-state index is 12.9. The fourth-order valence-corrected chi connectivity index (χ4v) is 4.31. The van der Waals surface area contributed by atoms with Gasteiger partial charge in [-0.3, -0.25) is 0 Å². The minimum atomic E-state index is -4.48. The van der Waals surface area contributed by atoms with E-state index in [1.807, 2.05) is 0 Å². The van der Waals surface area contributed by atoms with E-state index in [1.165, 1.54) is 44.4 Å². The Morgan fingerprint density at radius 3 is 2.59 bits per heavy atom. The van der Waals surface area contributed by atoms with Crippen molar-refractivity contribution in [3.8, 4) is 11.4 Å². The lowest BCUT2D eigenvalue weighted by Gasteiger charge is -2.10. The molecule has 0 aliphatic rings. The fourth-order valence-electron chi connectivity index (χ4n) is 2.71. The van der Waals surface area contributed by atoms with Gasteiger partial charge in [-0.25, -0.2) is 17.7 Å². The molecule has 0 saturated carbocycles. The molecule has 0 saturated heterocycles. The number of rotatable bonds is 6. The normalized spacial score (nSPS) is 12.7. The maximum Gasteiger partial charge on any atom is 0.416 e. The van der Waals surface area contributed by atoms with Crippen LogP contribution in [0.4, 0.5) is 13.2 Å². The second-order valence-corrected chi connectivity index (χ2v) is 9.85. The molecule has 0 atom stereocenters. The number of benzene rings is 2. The van der Waals surface area contributed by atoms with Crippen LogP contribution < -0.4 is 0 Å². The van der Waals surface area contributed by atoms with Gasteiger partial charge in [0.25, 0.3) is 5.22 Å². The highest BCUT2D eigenvalue weighted by atomic mass is 32.2. The van der Waals surface area contributed by atoms with Crippen LogP contribution in [0.5, 0.6) is 0 Å². The quantitative estimate of drug-likeness (QED) is 0.370. The van der Waals surface area contributed by atoms with Crippen LogP contribution in [-0.4, -0.2) is 41.9 Å². The minimum Gasteiger partial charge on any atom is -0.431 e. The lowest BCUT2D eigenvalue weighted by Crippen LogP contribution is -2.22. The van der Waals surface area contributed by atoms with Crippen molar-refractivity contribution in [1.29, 1.82) is 0 Å². The lowest BCUT2D eigenvalue weighted by atomic mass is 10.1. The topological polar surface area (TPSA) is 102 Å². The van der Waals surface area contributed by atoms with Gasteiger partial charge < -0.3 is 8.94 Å². The Balaban J connectivity index is 1.50. The zero-order valence-corrected chi connectivity index (χ0v) is 18.3. The number of sulfonamides is 1. The summed E-state index contributed by atoms with van der Waals surface area (Å²) >= 11 is 1.12. The molecule has 2 aromatic heterocycles. The SMILES string of the molecule is CN(C)S(=O)(=O)c1ccc2oc(SCc3nc(-c4cccc(C(F)(F)F)c4)no3)nc2c1. The molecule has 32 heavy (non-hydrogen) atoms. The third kappa shape index (κ3) is 4.49. The first kappa shape index (κ1) is 22.3. The monoisotopic (exact) mass is 484 g/mol. The molecule has 0 radical (unpaired) electrons. The molecule has 0 fully saturated rings. The highest BCUT2D eigenvalue weighted by Gasteiger charge is 2.30. The molecule has 0 aliphatic heterocycles. The molecule has 0 spiro atoms. The van der Waals surface area contributed by atoms with Crippen LogP contribution >= 0.6 is 11.8 Å². The summed E-state index contributed by atoms with van der Waals surface area (Å²) in [5.41, 5.74) is 0.139. The van der Waals surface area contributed by atoms with E-state index in [-0.39, 0.29) is 33.1 Å². The predicted octanol–water partition coefficient (Wildman–Crippen LogP) is 4.44. The van der Waals surface area contributed by atoms with Crippen molar-refractivity contribution in [3.63, 3.8) is 0 Å². The molecule has 168 valence electrons. The van der Waals surface area contributed by atoms with Crippen LogP contribution in [0.3, 0.4) is 0 Å². The van der Waals surface area contributed by atoms with E-state index in [0.717, 1.165) is 28.2 Å². The number of fused-ring (bicyclic) bond motifs is 1. The summed E-state index contributed by atoms with van der Waals surface area (Å²) in [5.74, 6) is 0.352. The molecular weight excluding hydrogens is 469 g/mol. The Morgan fingerprint density at radius 2 is 1.88 bits per heavy atom. The van der Waals surface area contributed by atoms with Gasteiger partial charge in [0, 0.05) is 19.7 Å². The Hall–Kier alpha value is -2.90. The van der Waals surface area contributed by atoms with Gasteiger partial charge in [-0.2, -0.15) is 18.2 Å². The highest BCUT2D eigenvalue weighted by Crippen LogP contribution is 2.32. The average Bonchev–Trinajstić information content (AvgIpc) is 3.37. The summed E-state index contributed by atoms with van der Waals surface area (Å²) in [6.07, 6.45) is -4.48. The Labute approximate surface area is 184 Å². The number of hydrogen-bond donors (Lipinski definition) is 0. The molecule has 2 heterocycles. The molecule has 8 nitrogen and oxygen atoms in total. The summed E-state index contributed by atoms with van der Waals surface area (Å²) in [6, 6.07) is 8.99. The fraction of sp³-hybridized carbons (Fsp3) is 0.211. The summed E-state index contributed by atoms with van der Waals surface area (Å²) in [4.78, 5) is 8.47. The summed E-state index contributed by atoms with van der Waals surface area (Å²) in [5, 5.41) is 3.98. The van der Waals surface area contributed by atoms with Gasteiger partial charge in [0.2, 0.25) is 21.7 Å². The van der Waals surface area contributed by atoms with Gasteiger partial charge >= 0.3 is 6.18 Å². The molecule has 0 N–H and O–H groups in total. The third-order valence-corrected chi connectivity index (χ3v) is 6.98. The van der Waals surface area contributed by atoms with Gasteiger partial charge in [-0.05, 0) is 30.3 Å². The van der Waals surface area contributed by atoms with Crippen LogP contribution in [0.25, 0.3) is 22.5 Å². The number of hydrogen-bond acceptors (Lipinski definition) is 8. The molecule has 0 bridgehead atoms. The zero-order chi connectivity index (χ0) is 23.1. The first-order valence-corrected chi connectivity index (χ1v) is 11.4. The number of thioether (sulfide) groups is 1. The maximum atomic E-state index is 12.9. The summed E-state index contributed by atoms with van der Waals surface area (Å²) in [7, 11) is -0.745. The van der Waals surface area contributed by atoms with E-state index in [1.54, 1.807) is 0 Å². The number of nitrogens with zero attached hydrogens (tertiary/aromatic N) is 4. The van der Waals surface area contributed by atoms with Crippen LogP contribution in [0.15, 0.2) is 61.5 Å². The van der Waals surface area contributed by atoms with E-state index in [4.69, 9.17) is 8.94 Å². The van der Waals surface area contributed by atoms with Crippen molar-refractivity contribution in [3.05, 3.63) is 53.9 Å². The number of aromatic nitrogens is 3. The Morgan fingerprint density at radius 1 is 1.09 bits per heavy atom. The van der Waals surface area contributed by atoms with E-state index in [2.05, 4.69) is 15.1 Å². The highest BCUT2D eigenvalue weighted by molar-refractivity contribution is 7.98. The van der Waals surface area contributed by atoms with Crippen molar-refractivity contribution >= 4 is 32.9 Å². The van der Waals surface area contributed by atoms with Gasteiger partial charge in [-0.15, -0.1) is 0 Å². The lowest BCUT2D eigenvalue weighted by molar-refractivity contribution is -0.137. The zero-order valence-electron chi connectivity index (χ0n) is 16.6. The van der Waals surface area contributed by atoms with Crippen LogP contribution in [-0.2, 0) is 22.0 Å². The third-order valence-electron chi connectivity index (χ3n) is 4.35. The van der Waals surface area contributed by atoms with Gasteiger partial charge in [0.15, 0.2) is 5.58 Å².